The molecule has 2 saturated carbocycles. The van der Waals surface area contributed by atoms with E-state index in [9.17, 15) is 4.79 Å². The smallest absolute Gasteiger partial charge is 0.314 e. The van der Waals surface area contributed by atoms with Crippen LogP contribution in [-0.4, -0.2) is 5.97 Å². The summed E-state index contributed by atoms with van der Waals surface area (Å²) in [6.07, 6.45) is 11.3. The Bertz CT molecular complexity index is 518. The van der Waals surface area contributed by atoms with Gasteiger partial charge in [0.05, 0.1) is 5.92 Å². The Morgan fingerprint density at radius 3 is 1.75 bits per heavy atom. The summed E-state index contributed by atoms with van der Waals surface area (Å²) in [6, 6.07) is 7.76. The summed E-state index contributed by atoms with van der Waals surface area (Å²) >= 11 is 0. The van der Waals surface area contributed by atoms with Gasteiger partial charge in [-0.2, -0.15) is 0 Å². The van der Waals surface area contributed by atoms with E-state index in [2.05, 4.69) is 20.8 Å². The minimum atomic E-state index is -0.0235. The molecule has 0 atom stereocenters. The topological polar surface area (TPSA) is 26.3 Å². The van der Waals surface area contributed by atoms with Crippen molar-refractivity contribution in [3.8, 4) is 5.75 Å². The summed E-state index contributed by atoms with van der Waals surface area (Å²) in [5, 5.41) is 0. The second kappa shape index (κ2) is 13.8. The van der Waals surface area contributed by atoms with E-state index in [0.717, 1.165) is 30.6 Å². The van der Waals surface area contributed by atoms with Crippen molar-refractivity contribution in [1.29, 1.82) is 0 Å². The average molecular weight is 389 g/mol. The van der Waals surface area contributed by atoms with Crippen molar-refractivity contribution in [2.45, 2.75) is 99.3 Å². The van der Waals surface area contributed by atoms with Crippen LogP contribution in [0, 0.1) is 30.6 Å². The molecule has 0 radical (unpaired) electrons. The first-order chi connectivity index (χ1) is 13.5. The van der Waals surface area contributed by atoms with Crippen LogP contribution in [0.5, 0.6) is 5.75 Å². The number of carbonyl (C=O) groups is 1. The highest BCUT2D eigenvalue weighted by Crippen LogP contribution is 2.41. The van der Waals surface area contributed by atoms with Crippen molar-refractivity contribution in [3.63, 3.8) is 0 Å². The van der Waals surface area contributed by atoms with E-state index in [1.165, 1.54) is 50.5 Å². The number of hydrogen-bond acceptors (Lipinski definition) is 2. The summed E-state index contributed by atoms with van der Waals surface area (Å²) in [6.45, 7) is 12.7. The van der Waals surface area contributed by atoms with Gasteiger partial charge in [-0.05, 0) is 75.3 Å². The molecule has 2 aliphatic rings. The van der Waals surface area contributed by atoms with Crippen LogP contribution >= 0.6 is 0 Å². The molecule has 0 spiro atoms. The zero-order valence-corrected chi connectivity index (χ0v) is 19.3. The normalized spacial score (nSPS) is 26.8. The Kier molecular flexibility index (Phi) is 12.2. The highest BCUT2D eigenvalue weighted by atomic mass is 16.5. The van der Waals surface area contributed by atoms with Gasteiger partial charge in [0.2, 0.25) is 0 Å². The lowest BCUT2D eigenvalue weighted by molar-refractivity contribution is -0.140. The summed E-state index contributed by atoms with van der Waals surface area (Å²) in [7, 11) is 0. The lowest BCUT2D eigenvalue weighted by atomic mass is 9.69. The van der Waals surface area contributed by atoms with E-state index < -0.39 is 0 Å². The fraction of sp³-hybridized carbons (Fsp3) is 0.731. The third kappa shape index (κ3) is 8.37. The molecule has 3 rings (SSSR count). The van der Waals surface area contributed by atoms with Gasteiger partial charge in [-0.15, -0.1) is 0 Å². The molecule has 1 aromatic carbocycles. The van der Waals surface area contributed by atoms with E-state index >= 15 is 0 Å². The van der Waals surface area contributed by atoms with Gasteiger partial charge in [0.1, 0.15) is 5.75 Å². The van der Waals surface area contributed by atoms with Crippen LogP contribution in [-0.2, 0) is 4.79 Å². The van der Waals surface area contributed by atoms with Crippen LogP contribution in [0.25, 0.3) is 0 Å². The fourth-order valence-electron chi connectivity index (χ4n) is 4.39. The predicted molar refractivity (Wildman–Crippen MR) is 121 cm³/mol. The Hall–Kier alpha value is -1.31. The van der Waals surface area contributed by atoms with Gasteiger partial charge in [0.25, 0.3) is 0 Å². The average Bonchev–Trinajstić information content (AvgIpc) is 2.72. The molecule has 2 nitrogen and oxygen atoms in total. The maximum Gasteiger partial charge on any atom is 0.314 e. The monoisotopic (exact) mass is 388 g/mol. The second-order valence-electron chi connectivity index (χ2n) is 8.57. The lowest BCUT2D eigenvalue weighted by Gasteiger charge is -2.36. The molecule has 0 aromatic heterocycles. The standard InChI is InChI=1S/C21H30O2.C3H8.C2H6/c1-15-3-7-17(8-4-15)18-9-11-19(12-10-18)21(22)23-20-13-5-16(2)6-14-20;1-3-2;1-2/h5-6,13-15,17-19H,3-4,7-12H2,1-2H3;3H2,1-2H3;1-2H3. The highest BCUT2D eigenvalue weighted by Gasteiger charge is 2.32. The van der Waals surface area contributed by atoms with Gasteiger partial charge in [0.15, 0.2) is 0 Å². The van der Waals surface area contributed by atoms with Crippen molar-refractivity contribution in [3.05, 3.63) is 29.8 Å². The highest BCUT2D eigenvalue weighted by molar-refractivity contribution is 5.75. The van der Waals surface area contributed by atoms with Crippen molar-refractivity contribution in [1.82, 2.24) is 0 Å². The van der Waals surface area contributed by atoms with Crippen LogP contribution in [0.2, 0.25) is 0 Å². The van der Waals surface area contributed by atoms with E-state index in [1.54, 1.807) is 0 Å². The number of esters is 1. The Morgan fingerprint density at radius 2 is 1.29 bits per heavy atom. The quantitative estimate of drug-likeness (QED) is 0.387. The Balaban J connectivity index is 0.000000717. The maximum absolute atomic E-state index is 12.4. The number of hydrogen-bond donors (Lipinski definition) is 0. The molecule has 0 heterocycles. The molecule has 0 unspecified atom stereocenters. The van der Waals surface area contributed by atoms with Crippen LogP contribution in [0.15, 0.2) is 24.3 Å². The maximum atomic E-state index is 12.4. The van der Waals surface area contributed by atoms with Crippen molar-refractivity contribution >= 4 is 5.97 Å². The van der Waals surface area contributed by atoms with Crippen molar-refractivity contribution in [2.24, 2.45) is 23.7 Å². The predicted octanol–water partition coefficient (Wildman–Crippen LogP) is 7.98. The van der Waals surface area contributed by atoms with Gasteiger partial charge < -0.3 is 4.74 Å². The first-order valence-corrected chi connectivity index (χ1v) is 11.8. The number of benzene rings is 1. The molecule has 0 aliphatic heterocycles. The molecular formula is C26H44O2. The first kappa shape index (κ1) is 24.7. The molecule has 160 valence electrons. The zero-order valence-electron chi connectivity index (χ0n) is 19.3. The number of carbonyl (C=O) groups excluding carboxylic acids is 1. The molecule has 2 heteroatoms. The SMILES string of the molecule is CC.CCC.Cc1ccc(OC(=O)C2CCC(C3CCC(C)CC3)CC2)cc1. The summed E-state index contributed by atoms with van der Waals surface area (Å²) < 4.78 is 5.56. The summed E-state index contributed by atoms with van der Waals surface area (Å²) in [5.41, 5.74) is 1.19. The van der Waals surface area contributed by atoms with Crippen LogP contribution < -0.4 is 4.74 Å². The molecular weight excluding hydrogens is 344 g/mol. The molecule has 28 heavy (non-hydrogen) atoms. The molecule has 1 aromatic rings. The molecule has 0 N–H and O–H groups in total. The van der Waals surface area contributed by atoms with Crippen LogP contribution in [0.1, 0.15) is 98.0 Å². The van der Waals surface area contributed by atoms with E-state index in [1.807, 2.05) is 45.0 Å². The van der Waals surface area contributed by atoms with Crippen molar-refractivity contribution in [2.75, 3.05) is 0 Å². The van der Waals surface area contributed by atoms with Crippen LogP contribution in [0.3, 0.4) is 0 Å². The van der Waals surface area contributed by atoms with Gasteiger partial charge >= 0.3 is 5.97 Å². The number of aryl methyl sites for hydroxylation is 1. The number of rotatable bonds is 3. The minimum absolute atomic E-state index is 0.0235. The Morgan fingerprint density at radius 1 is 0.857 bits per heavy atom. The zero-order chi connectivity index (χ0) is 20.9. The van der Waals surface area contributed by atoms with Gasteiger partial charge in [0, 0.05) is 0 Å². The third-order valence-electron chi connectivity index (χ3n) is 6.07. The molecule has 0 saturated heterocycles. The minimum Gasteiger partial charge on any atom is -0.426 e. The van der Waals surface area contributed by atoms with E-state index in [0.29, 0.717) is 5.75 Å². The second-order valence-corrected chi connectivity index (χ2v) is 8.57. The van der Waals surface area contributed by atoms with Gasteiger partial charge in [-0.25, -0.2) is 0 Å². The van der Waals surface area contributed by atoms with Gasteiger partial charge in [-0.3, -0.25) is 4.79 Å². The molecule has 0 bridgehead atoms. The van der Waals surface area contributed by atoms with E-state index in [-0.39, 0.29) is 11.9 Å². The first-order valence-electron chi connectivity index (χ1n) is 11.8. The molecule has 2 fully saturated rings. The lowest BCUT2D eigenvalue weighted by Crippen LogP contribution is -2.29. The largest absolute Gasteiger partial charge is 0.426 e. The summed E-state index contributed by atoms with van der Waals surface area (Å²) in [4.78, 5) is 12.4. The van der Waals surface area contributed by atoms with Crippen LogP contribution in [0.4, 0.5) is 0 Å². The Labute approximate surface area is 174 Å². The molecule has 2 aliphatic carbocycles. The fourth-order valence-corrected chi connectivity index (χ4v) is 4.39. The molecule has 0 amide bonds. The van der Waals surface area contributed by atoms with Crippen molar-refractivity contribution < 1.29 is 9.53 Å². The number of ether oxygens (including phenoxy) is 1. The van der Waals surface area contributed by atoms with E-state index in [4.69, 9.17) is 4.74 Å². The summed E-state index contributed by atoms with van der Waals surface area (Å²) in [5.74, 6) is 3.46. The van der Waals surface area contributed by atoms with Gasteiger partial charge in [-0.1, -0.05) is 71.6 Å². The third-order valence-corrected chi connectivity index (χ3v) is 6.07.